The highest BCUT2D eigenvalue weighted by Crippen LogP contribution is 2.17. The van der Waals surface area contributed by atoms with Gasteiger partial charge in [0.25, 0.3) is 0 Å². The summed E-state index contributed by atoms with van der Waals surface area (Å²) in [4.78, 5) is 0. The Labute approximate surface area is 90.7 Å². The van der Waals surface area contributed by atoms with E-state index >= 15 is 0 Å². The SMILES string of the molecule is O=S(O)NC(CB(O)O)c1ccccc1. The minimum absolute atomic E-state index is 0.0453. The first-order valence-corrected chi connectivity index (χ1v) is 5.48. The molecule has 0 fully saturated rings. The van der Waals surface area contributed by atoms with Gasteiger partial charge in [0.1, 0.15) is 0 Å². The van der Waals surface area contributed by atoms with Crippen LogP contribution in [0.3, 0.4) is 0 Å². The molecule has 0 saturated heterocycles. The smallest absolute Gasteiger partial charge is 0.427 e. The van der Waals surface area contributed by atoms with E-state index in [1.165, 1.54) is 0 Å². The normalized spacial score (nSPS) is 14.6. The van der Waals surface area contributed by atoms with Crippen LogP contribution in [0.15, 0.2) is 30.3 Å². The summed E-state index contributed by atoms with van der Waals surface area (Å²) >= 11 is -2.18. The third kappa shape index (κ3) is 4.54. The second-order valence-electron chi connectivity index (χ2n) is 3.05. The van der Waals surface area contributed by atoms with Crippen molar-refractivity contribution in [2.45, 2.75) is 12.4 Å². The van der Waals surface area contributed by atoms with Gasteiger partial charge in [0, 0.05) is 12.4 Å². The number of hydrogen-bond acceptors (Lipinski definition) is 3. The third-order valence-corrected chi connectivity index (χ3v) is 2.38. The second kappa shape index (κ2) is 5.99. The zero-order chi connectivity index (χ0) is 11.3. The standard InChI is InChI=1S/C8H12BNO4S/c11-9(12)6-8(10-15(13)14)7-4-2-1-3-5-7/h1-5,8,10-12H,6H2,(H,13,14). The Kier molecular flexibility index (Phi) is 4.93. The van der Waals surface area contributed by atoms with Crippen molar-refractivity contribution in [3.63, 3.8) is 0 Å². The Bertz CT molecular complexity index is 322. The molecule has 2 atom stereocenters. The van der Waals surface area contributed by atoms with E-state index in [-0.39, 0.29) is 6.32 Å². The maximum absolute atomic E-state index is 10.6. The summed E-state index contributed by atoms with van der Waals surface area (Å²) in [5.41, 5.74) is 0.730. The molecule has 5 nitrogen and oxygen atoms in total. The molecule has 0 heterocycles. The fourth-order valence-corrected chi connectivity index (χ4v) is 1.75. The molecule has 0 amide bonds. The summed E-state index contributed by atoms with van der Waals surface area (Å²) in [7, 11) is -1.52. The van der Waals surface area contributed by atoms with E-state index < -0.39 is 24.4 Å². The van der Waals surface area contributed by atoms with Gasteiger partial charge in [-0.15, -0.1) is 0 Å². The molecule has 7 heteroatoms. The van der Waals surface area contributed by atoms with E-state index in [1.54, 1.807) is 24.3 Å². The predicted molar refractivity (Wildman–Crippen MR) is 58.1 cm³/mol. The number of hydrogen-bond donors (Lipinski definition) is 4. The van der Waals surface area contributed by atoms with E-state index in [2.05, 4.69) is 4.72 Å². The lowest BCUT2D eigenvalue weighted by atomic mass is 9.80. The van der Waals surface area contributed by atoms with Gasteiger partial charge < -0.3 is 10.0 Å². The Morgan fingerprint density at radius 3 is 2.40 bits per heavy atom. The number of nitrogens with one attached hydrogen (secondary N) is 1. The molecule has 0 aliphatic rings. The van der Waals surface area contributed by atoms with E-state index in [9.17, 15) is 4.21 Å². The van der Waals surface area contributed by atoms with Crippen molar-refractivity contribution in [2.24, 2.45) is 0 Å². The van der Waals surface area contributed by atoms with Gasteiger partial charge >= 0.3 is 7.12 Å². The first-order chi connectivity index (χ1) is 7.09. The van der Waals surface area contributed by atoms with Crippen LogP contribution in [0, 0.1) is 0 Å². The van der Waals surface area contributed by atoms with Crippen molar-refractivity contribution in [1.82, 2.24) is 4.72 Å². The first kappa shape index (κ1) is 12.3. The molecule has 0 radical (unpaired) electrons. The van der Waals surface area contributed by atoms with Crippen molar-refractivity contribution in [3.05, 3.63) is 35.9 Å². The lowest BCUT2D eigenvalue weighted by molar-refractivity contribution is 0.396. The first-order valence-electron chi connectivity index (χ1n) is 4.37. The van der Waals surface area contributed by atoms with Crippen LogP contribution in [0.5, 0.6) is 0 Å². The highest BCUT2D eigenvalue weighted by molar-refractivity contribution is 7.77. The molecular weight excluding hydrogens is 217 g/mol. The van der Waals surface area contributed by atoms with Gasteiger partial charge in [-0.2, -0.15) is 0 Å². The van der Waals surface area contributed by atoms with Gasteiger partial charge in [-0.25, -0.2) is 8.93 Å². The number of rotatable bonds is 5. The molecule has 1 rings (SSSR count). The molecule has 4 N–H and O–H groups in total. The lowest BCUT2D eigenvalue weighted by Crippen LogP contribution is -2.28. The average molecular weight is 229 g/mol. The van der Waals surface area contributed by atoms with Gasteiger partial charge in [0.2, 0.25) is 11.3 Å². The average Bonchev–Trinajstić information content (AvgIpc) is 2.17. The zero-order valence-electron chi connectivity index (χ0n) is 7.91. The summed E-state index contributed by atoms with van der Waals surface area (Å²) in [6, 6.07) is 8.28. The van der Waals surface area contributed by atoms with Crippen LogP contribution in [-0.4, -0.2) is 25.9 Å². The van der Waals surface area contributed by atoms with Gasteiger partial charge in [-0.05, 0) is 5.56 Å². The predicted octanol–water partition coefficient (Wildman–Crippen LogP) is -0.0732. The molecule has 0 saturated carbocycles. The quantitative estimate of drug-likeness (QED) is 0.420. The van der Waals surface area contributed by atoms with E-state index in [1.807, 2.05) is 6.07 Å². The van der Waals surface area contributed by atoms with Gasteiger partial charge in [-0.1, -0.05) is 30.3 Å². The Morgan fingerprint density at radius 1 is 1.33 bits per heavy atom. The monoisotopic (exact) mass is 229 g/mol. The van der Waals surface area contributed by atoms with Crippen LogP contribution in [-0.2, 0) is 11.3 Å². The summed E-state index contributed by atoms with van der Waals surface area (Å²) in [6.45, 7) is 0. The van der Waals surface area contributed by atoms with Crippen molar-refractivity contribution < 1.29 is 18.8 Å². The highest BCUT2D eigenvalue weighted by atomic mass is 32.2. The van der Waals surface area contributed by atoms with Crippen LogP contribution < -0.4 is 4.72 Å². The van der Waals surface area contributed by atoms with Gasteiger partial charge in [0.15, 0.2) is 0 Å². The summed E-state index contributed by atoms with van der Waals surface area (Å²) < 4.78 is 21.6. The molecule has 1 aromatic carbocycles. The second-order valence-corrected chi connectivity index (χ2v) is 3.78. The van der Waals surface area contributed by atoms with Crippen molar-refractivity contribution >= 4 is 18.4 Å². The fraction of sp³-hybridized carbons (Fsp3) is 0.250. The summed E-state index contributed by atoms with van der Waals surface area (Å²) in [5, 5.41) is 17.7. The molecule has 0 bridgehead atoms. The Hall–Kier alpha value is -0.725. The molecule has 2 unspecified atom stereocenters. The third-order valence-electron chi connectivity index (χ3n) is 1.89. The number of benzene rings is 1. The zero-order valence-corrected chi connectivity index (χ0v) is 8.72. The Balaban J connectivity index is 2.76. The molecule has 0 spiro atoms. The molecular formula is C8H12BNO4S. The van der Waals surface area contributed by atoms with Crippen molar-refractivity contribution in [1.29, 1.82) is 0 Å². The van der Waals surface area contributed by atoms with Crippen molar-refractivity contribution in [3.8, 4) is 0 Å². The van der Waals surface area contributed by atoms with Crippen LogP contribution in [0.2, 0.25) is 6.32 Å². The largest absolute Gasteiger partial charge is 0.453 e. The lowest BCUT2D eigenvalue weighted by Gasteiger charge is -2.15. The maximum atomic E-state index is 10.6. The molecule has 0 aliphatic heterocycles. The Morgan fingerprint density at radius 2 is 1.93 bits per heavy atom. The van der Waals surface area contributed by atoms with Crippen LogP contribution in [0.4, 0.5) is 0 Å². The minimum Gasteiger partial charge on any atom is -0.427 e. The van der Waals surface area contributed by atoms with Crippen LogP contribution >= 0.6 is 0 Å². The van der Waals surface area contributed by atoms with E-state index in [0.29, 0.717) is 0 Å². The molecule has 0 aromatic heterocycles. The maximum Gasteiger partial charge on any atom is 0.453 e. The van der Waals surface area contributed by atoms with Gasteiger partial charge in [0.05, 0.1) is 0 Å². The molecule has 82 valence electrons. The van der Waals surface area contributed by atoms with Crippen LogP contribution in [0.1, 0.15) is 11.6 Å². The fourth-order valence-electron chi connectivity index (χ4n) is 1.27. The van der Waals surface area contributed by atoms with Crippen molar-refractivity contribution in [2.75, 3.05) is 0 Å². The summed E-state index contributed by atoms with van der Waals surface area (Å²) in [5.74, 6) is 0. The van der Waals surface area contributed by atoms with E-state index in [0.717, 1.165) is 5.56 Å². The van der Waals surface area contributed by atoms with Gasteiger partial charge in [-0.3, -0.25) is 4.55 Å². The molecule has 1 aromatic rings. The molecule has 0 aliphatic carbocycles. The molecule has 15 heavy (non-hydrogen) atoms. The topological polar surface area (TPSA) is 89.8 Å². The van der Waals surface area contributed by atoms with E-state index in [4.69, 9.17) is 14.6 Å². The summed E-state index contributed by atoms with van der Waals surface area (Å²) in [6.07, 6.45) is -0.0453. The minimum atomic E-state index is -2.18. The van der Waals surface area contributed by atoms with Crippen LogP contribution in [0.25, 0.3) is 0 Å². The highest BCUT2D eigenvalue weighted by Gasteiger charge is 2.19.